The van der Waals surface area contributed by atoms with Gasteiger partial charge in [-0.15, -0.1) is 10.2 Å². The van der Waals surface area contributed by atoms with Gasteiger partial charge >= 0.3 is 0 Å². The van der Waals surface area contributed by atoms with Crippen molar-refractivity contribution in [3.8, 4) is 10.7 Å². The van der Waals surface area contributed by atoms with Crippen molar-refractivity contribution in [3.05, 3.63) is 18.3 Å². The van der Waals surface area contributed by atoms with E-state index in [0.717, 1.165) is 0 Å². The van der Waals surface area contributed by atoms with Gasteiger partial charge in [0.05, 0.1) is 5.69 Å². The molecule has 0 saturated heterocycles. The van der Waals surface area contributed by atoms with Crippen LogP contribution in [0.2, 0.25) is 0 Å². The molecule has 13 heavy (non-hydrogen) atoms. The van der Waals surface area contributed by atoms with Crippen LogP contribution in [0.25, 0.3) is 10.7 Å². The smallest absolute Gasteiger partial charge is 0.203 e. The SMILES string of the molecule is Nc1nnc(-c2ncccc2N)s1. The molecule has 0 atom stereocenters. The van der Waals surface area contributed by atoms with Crippen LogP contribution in [0.5, 0.6) is 0 Å². The van der Waals surface area contributed by atoms with E-state index in [4.69, 9.17) is 11.5 Å². The fourth-order valence-corrected chi connectivity index (χ4v) is 1.56. The predicted molar refractivity (Wildman–Crippen MR) is 52.0 cm³/mol. The standard InChI is InChI=1S/C7H7N5S/c8-4-2-1-3-10-5(4)6-11-12-7(9)13-6/h1-3H,8H2,(H2,9,12). The highest BCUT2D eigenvalue weighted by atomic mass is 32.1. The number of nitrogens with two attached hydrogens (primary N) is 2. The molecule has 2 aromatic heterocycles. The minimum Gasteiger partial charge on any atom is -0.397 e. The van der Waals surface area contributed by atoms with E-state index in [-0.39, 0.29) is 0 Å². The maximum Gasteiger partial charge on any atom is 0.203 e. The van der Waals surface area contributed by atoms with Crippen molar-refractivity contribution in [2.24, 2.45) is 0 Å². The van der Waals surface area contributed by atoms with Crippen LogP contribution in [-0.2, 0) is 0 Å². The summed E-state index contributed by atoms with van der Waals surface area (Å²) >= 11 is 1.27. The molecule has 2 heterocycles. The second-order valence-corrected chi connectivity index (χ2v) is 3.40. The molecule has 2 aromatic rings. The van der Waals surface area contributed by atoms with E-state index < -0.39 is 0 Å². The van der Waals surface area contributed by atoms with Crippen LogP contribution < -0.4 is 11.5 Å². The Morgan fingerprint density at radius 3 is 2.69 bits per heavy atom. The molecule has 6 heteroatoms. The molecule has 0 aliphatic heterocycles. The Kier molecular flexibility index (Phi) is 1.82. The van der Waals surface area contributed by atoms with Gasteiger partial charge in [-0.3, -0.25) is 4.98 Å². The largest absolute Gasteiger partial charge is 0.397 e. The molecule has 0 aliphatic carbocycles. The van der Waals surface area contributed by atoms with Crippen molar-refractivity contribution < 1.29 is 0 Å². The Balaban J connectivity index is 2.52. The van der Waals surface area contributed by atoms with Crippen LogP contribution in [0, 0.1) is 0 Å². The number of rotatable bonds is 1. The molecule has 0 fully saturated rings. The number of nitrogens with zero attached hydrogens (tertiary/aromatic N) is 3. The zero-order chi connectivity index (χ0) is 9.26. The fraction of sp³-hybridized carbons (Fsp3) is 0. The summed E-state index contributed by atoms with van der Waals surface area (Å²) in [6.45, 7) is 0. The molecule has 0 aromatic carbocycles. The van der Waals surface area contributed by atoms with Crippen molar-refractivity contribution in [2.75, 3.05) is 11.5 Å². The fourth-order valence-electron chi connectivity index (χ4n) is 0.927. The first-order chi connectivity index (χ1) is 6.27. The summed E-state index contributed by atoms with van der Waals surface area (Å²) in [5.41, 5.74) is 12.4. The maximum atomic E-state index is 5.70. The van der Waals surface area contributed by atoms with Crippen molar-refractivity contribution in [3.63, 3.8) is 0 Å². The average Bonchev–Trinajstić information content (AvgIpc) is 2.53. The third-order valence-corrected chi connectivity index (χ3v) is 2.24. The highest BCUT2D eigenvalue weighted by Gasteiger charge is 2.08. The molecule has 5 nitrogen and oxygen atoms in total. The number of pyridine rings is 1. The summed E-state index contributed by atoms with van der Waals surface area (Å²) in [6.07, 6.45) is 1.66. The first kappa shape index (κ1) is 7.93. The molecule has 0 bridgehead atoms. The lowest BCUT2D eigenvalue weighted by Crippen LogP contribution is -1.91. The van der Waals surface area contributed by atoms with E-state index in [9.17, 15) is 0 Å². The van der Waals surface area contributed by atoms with E-state index in [1.807, 2.05) is 0 Å². The molecular weight excluding hydrogens is 186 g/mol. The summed E-state index contributed by atoms with van der Waals surface area (Å²) in [6, 6.07) is 3.53. The Morgan fingerprint density at radius 2 is 2.08 bits per heavy atom. The highest BCUT2D eigenvalue weighted by molar-refractivity contribution is 7.18. The van der Waals surface area contributed by atoms with E-state index in [1.165, 1.54) is 11.3 Å². The molecule has 2 rings (SSSR count). The van der Waals surface area contributed by atoms with Gasteiger partial charge in [0.1, 0.15) is 5.69 Å². The van der Waals surface area contributed by atoms with E-state index in [2.05, 4.69) is 15.2 Å². The van der Waals surface area contributed by atoms with Gasteiger partial charge in [-0.25, -0.2) is 0 Å². The van der Waals surface area contributed by atoms with Gasteiger partial charge in [0, 0.05) is 6.20 Å². The lowest BCUT2D eigenvalue weighted by molar-refractivity contribution is 1.09. The van der Waals surface area contributed by atoms with E-state index in [1.54, 1.807) is 18.3 Å². The van der Waals surface area contributed by atoms with Gasteiger partial charge in [0.15, 0.2) is 5.01 Å². The van der Waals surface area contributed by atoms with E-state index in [0.29, 0.717) is 21.5 Å². The van der Waals surface area contributed by atoms with Gasteiger partial charge < -0.3 is 11.5 Å². The second-order valence-electron chi connectivity index (χ2n) is 2.39. The zero-order valence-corrected chi connectivity index (χ0v) is 7.45. The summed E-state index contributed by atoms with van der Waals surface area (Å²) in [5.74, 6) is 0. The minimum atomic E-state index is 0.417. The normalized spacial score (nSPS) is 10.2. The molecule has 0 amide bonds. The summed E-state index contributed by atoms with van der Waals surface area (Å²) < 4.78 is 0. The molecule has 4 N–H and O–H groups in total. The quantitative estimate of drug-likeness (QED) is 0.697. The van der Waals surface area contributed by atoms with Crippen LogP contribution in [0.4, 0.5) is 10.8 Å². The van der Waals surface area contributed by atoms with Gasteiger partial charge in [-0.2, -0.15) is 0 Å². The van der Waals surface area contributed by atoms with Gasteiger partial charge in [0.25, 0.3) is 0 Å². The Bertz CT molecular complexity index is 424. The molecule has 0 aliphatic rings. The van der Waals surface area contributed by atoms with Gasteiger partial charge in [0.2, 0.25) is 5.13 Å². The van der Waals surface area contributed by atoms with Crippen LogP contribution >= 0.6 is 11.3 Å². The second kappa shape index (κ2) is 2.98. The number of hydrogen-bond donors (Lipinski definition) is 2. The van der Waals surface area contributed by atoms with Crippen molar-refractivity contribution in [1.82, 2.24) is 15.2 Å². The maximum absolute atomic E-state index is 5.70. The Hall–Kier alpha value is -1.69. The lowest BCUT2D eigenvalue weighted by Gasteiger charge is -1.97. The number of nitrogen functional groups attached to an aromatic ring is 2. The average molecular weight is 193 g/mol. The van der Waals surface area contributed by atoms with Crippen LogP contribution in [0.3, 0.4) is 0 Å². The monoisotopic (exact) mass is 193 g/mol. The molecule has 0 saturated carbocycles. The molecule has 0 radical (unpaired) electrons. The number of hydrogen-bond acceptors (Lipinski definition) is 6. The van der Waals surface area contributed by atoms with Crippen LogP contribution in [0.1, 0.15) is 0 Å². The molecular formula is C7H7N5S. The first-order valence-electron chi connectivity index (χ1n) is 3.57. The summed E-state index contributed by atoms with van der Waals surface area (Å²) in [7, 11) is 0. The Morgan fingerprint density at radius 1 is 1.23 bits per heavy atom. The molecule has 0 spiro atoms. The first-order valence-corrected chi connectivity index (χ1v) is 4.39. The highest BCUT2D eigenvalue weighted by Crippen LogP contribution is 2.26. The van der Waals surface area contributed by atoms with E-state index >= 15 is 0 Å². The van der Waals surface area contributed by atoms with Crippen LogP contribution in [0.15, 0.2) is 18.3 Å². The number of anilines is 2. The van der Waals surface area contributed by atoms with Gasteiger partial charge in [-0.05, 0) is 12.1 Å². The zero-order valence-electron chi connectivity index (χ0n) is 6.64. The summed E-state index contributed by atoms with van der Waals surface area (Å²) in [5, 5.41) is 8.60. The minimum absolute atomic E-state index is 0.417. The third-order valence-electron chi connectivity index (χ3n) is 1.48. The van der Waals surface area contributed by atoms with Crippen LogP contribution in [-0.4, -0.2) is 15.2 Å². The summed E-state index contributed by atoms with van der Waals surface area (Å²) in [4.78, 5) is 4.09. The molecule has 66 valence electrons. The third kappa shape index (κ3) is 1.43. The number of aromatic nitrogens is 3. The van der Waals surface area contributed by atoms with Crippen molar-refractivity contribution >= 4 is 22.2 Å². The Labute approximate surface area is 78.4 Å². The molecule has 0 unspecified atom stereocenters. The lowest BCUT2D eigenvalue weighted by atomic mass is 10.3. The van der Waals surface area contributed by atoms with Gasteiger partial charge in [-0.1, -0.05) is 11.3 Å². The van der Waals surface area contributed by atoms with Crippen molar-refractivity contribution in [1.29, 1.82) is 0 Å². The van der Waals surface area contributed by atoms with Crippen molar-refractivity contribution in [2.45, 2.75) is 0 Å². The topological polar surface area (TPSA) is 90.7 Å². The predicted octanol–water partition coefficient (Wildman–Crippen LogP) is 0.764.